The number of alkyl carbamates (subject to hydrolysis) is 1. The zero-order valence-electron chi connectivity index (χ0n) is 14.8. The molecule has 1 unspecified atom stereocenters. The van der Waals surface area contributed by atoms with Gasteiger partial charge in [-0.05, 0) is 45.2 Å². The van der Waals surface area contributed by atoms with Gasteiger partial charge >= 0.3 is 6.09 Å². The Morgan fingerprint density at radius 2 is 2.04 bits per heavy atom. The number of carbonyl (C=O) groups excluding carboxylic acids is 1. The normalized spacial score (nSPS) is 19.4. The van der Waals surface area contributed by atoms with Gasteiger partial charge in [0.15, 0.2) is 0 Å². The monoisotopic (exact) mass is 388 g/mol. The summed E-state index contributed by atoms with van der Waals surface area (Å²) in [6.07, 6.45) is 0.877. The van der Waals surface area contributed by atoms with Gasteiger partial charge in [-0.1, -0.05) is 29.8 Å². The van der Waals surface area contributed by atoms with E-state index in [2.05, 4.69) is 5.32 Å². The first kappa shape index (κ1) is 20.0. The maximum Gasteiger partial charge on any atom is 0.407 e. The van der Waals surface area contributed by atoms with Crippen LogP contribution in [0, 0.1) is 0 Å². The van der Waals surface area contributed by atoms with E-state index in [4.69, 9.17) is 16.3 Å². The van der Waals surface area contributed by atoms with Crippen LogP contribution in [0.3, 0.4) is 0 Å². The average Bonchev–Trinajstić information content (AvgIpc) is 2.48. The van der Waals surface area contributed by atoms with Gasteiger partial charge in [0.2, 0.25) is 10.0 Å². The number of hydrogen-bond donors (Lipinski definition) is 1. The van der Waals surface area contributed by atoms with Crippen LogP contribution in [0.25, 0.3) is 0 Å². The van der Waals surface area contributed by atoms with Crippen molar-refractivity contribution in [2.45, 2.75) is 51.0 Å². The second-order valence-electron chi connectivity index (χ2n) is 7.19. The second-order valence-corrected chi connectivity index (χ2v) is 9.57. The summed E-state index contributed by atoms with van der Waals surface area (Å²) in [5.74, 6) is -0.147. The maximum atomic E-state index is 12.7. The number of nitrogens with one attached hydrogen (secondary N) is 1. The van der Waals surface area contributed by atoms with Crippen LogP contribution in [0.2, 0.25) is 5.02 Å². The van der Waals surface area contributed by atoms with Gasteiger partial charge in [0.25, 0.3) is 0 Å². The molecule has 6 nitrogen and oxygen atoms in total. The minimum absolute atomic E-state index is 0.147. The largest absolute Gasteiger partial charge is 0.444 e. The molecule has 1 N–H and O–H groups in total. The molecule has 1 fully saturated rings. The minimum atomic E-state index is -3.51. The first-order chi connectivity index (χ1) is 11.6. The number of rotatable bonds is 4. The Bertz CT molecular complexity index is 716. The average molecular weight is 389 g/mol. The summed E-state index contributed by atoms with van der Waals surface area (Å²) < 4.78 is 32.0. The number of carbonyl (C=O) groups is 1. The van der Waals surface area contributed by atoms with E-state index < -0.39 is 21.7 Å². The molecule has 8 heteroatoms. The molecule has 1 atom stereocenters. The number of halogens is 1. The lowest BCUT2D eigenvalue weighted by molar-refractivity contribution is 0.0487. The molecule has 0 saturated carbocycles. The van der Waals surface area contributed by atoms with E-state index >= 15 is 0 Å². The highest BCUT2D eigenvalue weighted by atomic mass is 35.5. The van der Waals surface area contributed by atoms with Crippen LogP contribution in [-0.4, -0.2) is 43.5 Å². The van der Waals surface area contributed by atoms with E-state index in [9.17, 15) is 13.2 Å². The number of nitrogens with zero attached hydrogens (tertiary/aromatic N) is 1. The summed E-state index contributed by atoms with van der Waals surface area (Å²) in [6, 6.07) is 6.65. The molecule has 1 saturated heterocycles. The summed E-state index contributed by atoms with van der Waals surface area (Å²) in [7, 11) is -3.51. The fourth-order valence-electron chi connectivity index (χ4n) is 2.69. The molecule has 1 aromatic carbocycles. The maximum absolute atomic E-state index is 12.7. The van der Waals surface area contributed by atoms with Crippen molar-refractivity contribution in [2.75, 3.05) is 13.1 Å². The Hall–Kier alpha value is -1.31. The van der Waals surface area contributed by atoms with Crippen LogP contribution in [0.15, 0.2) is 24.3 Å². The van der Waals surface area contributed by atoms with Crippen LogP contribution in [-0.2, 0) is 20.5 Å². The van der Waals surface area contributed by atoms with E-state index in [-0.39, 0.29) is 18.3 Å². The molecule has 0 radical (unpaired) electrons. The summed E-state index contributed by atoms with van der Waals surface area (Å²) in [5.41, 5.74) is -0.0134. The molecular formula is C17H25ClN2O4S. The molecule has 0 spiro atoms. The van der Waals surface area contributed by atoms with Gasteiger partial charge in [0, 0.05) is 24.2 Å². The molecule has 140 valence electrons. The van der Waals surface area contributed by atoms with Crippen molar-refractivity contribution in [3.05, 3.63) is 34.9 Å². The molecule has 2 rings (SSSR count). The van der Waals surface area contributed by atoms with Crippen LogP contribution in [0.5, 0.6) is 0 Å². The molecule has 0 aromatic heterocycles. The van der Waals surface area contributed by atoms with Gasteiger partial charge < -0.3 is 10.1 Å². The van der Waals surface area contributed by atoms with Crippen LogP contribution < -0.4 is 5.32 Å². The predicted molar refractivity (Wildman–Crippen MR) is 98.0 cm³/mol. The number of sulfonamides is 1. The standard InChI is InChI=1S/C17H25ClN2O4S/c1-17(2,3)24-16(21)19-14-8-6-10-20(11-14)25(22,23)12-13-7-4-5-9-15(13)18/h4-5,7,9,14H,6,8,10-12H2,1-3H3,(H,19,21). The molecule has 0 aliphatic carbocycles. The predicted octanol–water partition coefficient (Wildman–Crippen LogP) is 3.16. The molecular weight excluding hydrogens is 364 g/mol. The summed E-state index contributed by atoms with van der Waals surface area (Å²) in [5, 5.41) is 3.20. The van der Waals surface area contributed by atoms with Gasteiger partial charge in [-0.15, -0.1) is 0 Å². The van der Waals surface area contributed by atoms with Gasteiger partial charge in [-0.2, -0.15) is 4.31 Å². The van der Waals surface area contributed by atoms with Gasteiger partial charge in [0.1, 0.15) is 5.60 Å². The fourth-order valence-corrected chi connectivity index (χ4v) is 4.61. The highest BCUT2D eigenvalue weighted by molar-refractivity contribution is 7.88. The lowest BCUT2D eigenvalue weighted by Crippen LogP contribution is -2.50. The van der Waals surface area contributed by atoms with E-state index in [0.29, 0.717) is 23.6 Å². The lowest BCUT2D eigenvalue weighted by Gasteiger charge is -2.33. The highest BCUT2D eigenvalue weighted by Gasteiger charge is 2.31. The third-order valence-electron chi connectivity index (χ3n) is 3.79. The van der Waals surface area contributed by atoms with Crippen LogP contribution >= 0.6 is 11.6 Å². The van der Waals surface area contributed by atoms with Crippen molar-refractivity contribution in [3.63, 3.8) is 0 Å². The van der Waals surface area contributed by atoms with Crippen molar-refractivity contribution in [1.82, 2.24) is 9.62 Å². The van der Waals surface area contributed by atoms with Crippen molar-refractivity contribution in [1.29, 1.82) is 0 Å². The zero-order valence-corrected chi connectivity index (χ0v) is 16.4. The quantitative estimate of drug-likeness (QED) is 0.859. The smallest absolute Gasteiger partial charge is 0.407 e. The molecule has 1 aliphatic rings. The van der Waals surface area contributed by atoms with Crippen LogP contribution in [0.4, 0.5) is 4.79 Å². The molecule has 25 heavy (non-hydrogen) atoms. The Labute approximate surface area is 154 Å². The zero-order chi connectivity index (χ0) is 18.7. The number of benzene rings is 1. The van der Waals surface area contributed by atoms with Crippen molar-refractivity contribution < 1.29 is 17.9 Å². The molecule has 1 amide bonds. The summed E-state index contributed by atoms with van der Waals surface area (Å²) >= 11 is 6.07. The fraction of sp³-hybridized carbons (Fsp3) is 0.588. The number of hydrogen-bond acceptors (Lipinski definition) is 4. The molecule has 1 heterocycles. The third kappa shape index (κ3) is 6.17. The Balaban J connectivity index is 2.00. The summed E-state index contributed by atoms with van der Waals surface area (Å²) in [4.78, 5) is 11.9. The van der Waals surface area contributed by atoms with E-state index in [1.165, 1.54) is 4.31 Å². The number of ether oxygens (including phenoxy) is 1. The number of amides is 1. The molecule has 0 bridgehead atoms. The Kier molecular flexibility index (Phi) is 6.35. The first-order valence-corrected chi connectivity index (χ1v) is 10.3. The highest BCUT2D eigenvalue weighted by Crippen LogP contribution is 2.22. The Morgan fingerprint density at radius 1 is 1.36 bits per heavy atom. The van der Waals surface area contributed by atoms with E-state index in [1.54, 1.807) is 45.0 Å². The third-order valence-corrected chi connectivity index (χ3v) is 5.96. The van der Waals surface area contributed by atoms with Crippen LogP contribution in [0.1, 0.15) is 39.2 Å². The van der Waals surface area contributed by atoms with Crippen molar-refractivity contribution in [3.8, 4) is 0 Å². The lowest BCUT2D eigenvalue weighted by atomic mass is 10.1. The van der Waals surface area contributed by atoms with Gasteiger partial charge in [-0.3, -0.25) is 0 Å². The topological polar surface area (TPSA) is 75.7 Å². The second kappa shape index (κ2) is 7.93. The van der Waals surface area contributed by atoms with Crippen molar-refractivity contribution in [2.24, 2.45) is 0 Å². The minimum Gasteiger partial charge on any atom is -0.444 e. The molecule has 1 aliphatic heterocycles. The van der Waals surface area contributed by atoms with Crippen molar-refractivity contribution >= 4 is 27.7 Å². The van der Waals surface area contributed by atoms with E-state index in [0.717, 1.165) is 6.42 Å². The first-order valence-electron chi connectivity index (χ1n) is 8.27. The molecule has 1 aromatic rings. The van der Waals surface area contributed by atoms with Gasteiger partial charge in [0.05, 0.1) is 5.75 Å². The van der Waals surface area contributed by atoms with E-state index in [1.807, 2.05) is 0 Å². The SMILES string of the molecule is CC(C)(C)OC(=O)NC1CCCN(S(=O)(=O)Cc2ccccc2Cl)C1. The van der Waals surface area contributed by atoms with Gasteiger partial charge in [-0.25, -0.2) is 13.2 Å². The Morgan fingerprint density at radius 3 is 2.68 bits per heavy atom. The summed E-state index contributed by atoms with van der Waals surface area (Å²) in [6.45, 7) is 6.04. The number of piperidine rings is 1.